The zero-order chi connectivity index (χ0) is 10.8. The Morgan fingerprint density at radius 2 is 2.00 bits per heavy atom. The van der Waals surface area contributed by atoms with Crippen molar-refractivity contribution in [1.82, 2.24) is 0 Å². The van der Waals surface area contributed by atoms with Crippen LogP contribution in [0.5, 0.6) is 5.75 Å². The van der Waals surface area contributed by atoms with E-state index in [2.05, 4.69) is 0 Å². The first-order valence-electron chi connectivity index (χ1n) is 4.50. The molecule has 2 N–H and O–H groups in total. The molecule has 0 saturated carbocycles. The third-order valence-electron chi connectivity index (χ3n) is 2.30. The van der Waals surface area contributed by atoms with Gasteiger partial charge in [-0.05, 0) is 18.4 Å². The molecule has 0 aromatic heterocycles. The minimum Gasteiger partial charge on any atom is -0.508 e. The van der Waals surface area contributed by atoms with Crippen LogP contribution < -0.4 is 0 Å². The van der Waals surface area contributed by atoms with Gasteiger partial charge in [0.2, 0.25) is 0 Å². The number of aromatic hydroxyl groups is 1. The van der Waals surface area contributed by atoms with Gasteiger partial charge in [-0.25, -0.2) is 0 Å². The van der Waals surface area contributed by atoms with Crippen LogP contribution in [0.2, 0.25) is 0 Å². The first-order chi connectivity index (χ1) is 6.53. The molecule has 0 fully saturated rings. The lowest BCUT2D eigenvalue weighted by molar-refractivity contribution is 0.213. The molecule has 0 saturated heterocycles. The lowest BCUT2D eigenvalue weighted by Gasteiger charge is -2.25. The molecule has 0 heterocycles. The highest BCUT2D eigenvalue weighted by Gasteiger charge is 2.25. The summed E-state index contributed by atoms with van der Waals surface area (Å²) in [6, 6.07) is 5.43. The molecule has 0 spiro atoms. The van der Waals surface area contributed by atoms with Gasteiger partial charge in [0, 0.05) is 15.9 Å². The van der Waals surface area contributed by atoms with Crippen molar-refractivity contribution in [3.8, 4) is 5.75 Å². The molecular formula is C11H16O2S. The van der Waals surface area contributed by atoms with Crippen LogP contribution in [0.4, 0.5) is 0 Å². The lowest BCUT2D eigenvalue weighted by Crippen LogP contribution is -2.23. The van der Waals surface area contributed by atoms with Crippen molar-refractivity contribution in [3.63, 3.8) is 0 Å². The zero-order valence-electron chi connectivity index (χ0n) is 8.74. The number of hydrogen-bond acceptors (Lipinski definition) is 3. The number of aliphatic hydroxyl groups is 1. The van der Waals surface area contributed by atoms with E-state index in [1.807, 2.05) is 32.2 Å². The van der Waals surface area contributed by atoms with E-state index in [1.54, 1.807) is 17.8 Å². The molecule has 0 aliphatic rings. The van der Waals surface area contributed by atoms with Crippen molar-refractivity contribution < 1.29 is 10.2 Å². The van der Waals surface area contributed by atoms with Gasteiger partial charge in [-0.1, -0.05) is 19.9 Å². The molecule has 1 aromatic rings. The van der Waals surface area contributed by atoms with Crippen molar-refractivity contribution in [2.45, 2.75) is 24.2 Å². The Morgan fingerprint density at radius 1 is 1.36 bits per heavy atom. The second kappa shape index (κ2) is 4.24. The van der Waals surface area contributed by atoms with E-state index >= 15 is 0 Å². The average molecular weight is 212 g/mol. The van der Waals surface area contributed by atoms with Gasteiger partial charge < -0.3 is 10.2 Å². The topological polar surface area (TPSA) is 40.5 Å². The maximum absolute atomic E-state index is 9.76. The third-order valence-corrected chi connectivity index (χ3v) is 3.08. The Bertz CT molecular complexity index is 321. The summed E-state index contributed by atoms with van der Waals surface area (Å²) in [6.45, 7) is 3.86. The normalized spacial score (nSPS) is 11.7. The van der Waals surface area contributed by atoms with Gasteiger partial charge in [-0.2, -0.15) is 0 Å². The smallest absolute Gasteiger partial charge is 0.120 e. The van der Waals surface area contributed by atoms with E-state index in [-0.39, 0.29) is 12.4 Å². The third kappa shape index (κ3) is 2.04. The Morgan fingerprint density at radius 3 is 2.50 bits per heavy atom. The molecule has 0 amide bonds. The average Bonchev–Trinajstić information content (AvgIpc) is 2.17. The molecule has 78 valence electrons. The fourth-order valence-corrected chi connectivity index (χ4v) is 2.25. The van der Waals surface area contributed by atoms with Gasteiger partial charge in [-0.15, -0.1) is 11.8 Å². The lowest BCUT2D eigenvalue weighted by atomic mass is 9.85. The minimum atomic E-state index is -0.399. The van der Waals surface area contributed by atoms with Gasteiger partial charge in [0.15, 0.2) is 0 Å². The van der Waals surface area contributed by atoms with Gasteiger partial charge in [0.05, 0.1) is 6.61 Å². The van der Waals surface area contributed by atoms with Crippen molar-refractivity contribution >= 4 is 11.8 Å². The van der Waals surface area contributed by atoms with Crippen LogP contribution >= 0.6 is 11.8 Å². The van der Waals surface area contributed by atoms with Gasteiger partial charge in [0.25, 0.3) is 0 Å². The fourth-order valence-electron chi connectivity index (χ4n) is 1.45. The number of hydrogen-bond donors (Lipinski definition) is 2. The first-order valence-corrected chi connectivity index (χ1v) is 5.72. The van der Waals surface area contributed by atoms with Crippen LogP contribution in [-0.4, -0.2) is 23.1 Å². The molecule has 1 aromatic carbocycles. The van der Waals surface area contributed by atoms with Gasteiger partial charge in [0.1, 0.15) is 5.75 Å². The summed E-state index contributed by atoms with van der Waals surface area (Å²) in [7, 11) is 0. The van der Waals surface area contributed by atoms with Crippen molar-refractivity contribution in [2.75, 3.05) is 12.9 Å². The minimum absolute atomic E-state index is 0.0259. The predicted molar refractivity (Wildman–Crippen MR) is 60.0 cm³/mol. The molecule has 0 atom stereocenters. The summed E-state index contributed by atoms with van der Waals surface area (Å²) in [5.41, 5.74) is 0.430. The zero-order valence-corrected chi connectivity index (χ0v) is 9.56. The predicted octanol–water partition coefficient (Wildman–Crippen LogP) is 2.38. The highest BCUT2D eigenvalue weighted by atomic mass is 32.2. The molecule has 0 bridgehead atoms. The SMILES string of the molecule is CSc1cccc(O)c1C(C)(C)CO. The maximum atomic E-state index is 9.76. The fraction of sp³-hybridized carbons (Fsp3) is 0.455. The van der Waals surface area contributed by atoms with Crippen molar-refractivity contribution in [2.24, 2.45) is 0 Å². The van der Waals surface area contributed by atoms with Crippen LogP contribution in [0, 0.1) is 0 Å². The summed E-state index contributed by atoms with van der Waals surface area (Å²) in [5.74, 6) is 0.260. The van der Waals surface area contributed by atoms with E-state index in [0.717, 1.165) is 10.5 Å². The van der Waals surface area contributed by atoms with E-state index in [9.17, 15) is 10.2 Å². The van der Waals surface area contributed by atoms with Gasteiger partial charge >= 0.3 is 0 Å². The number of aliphatic hydroxyl groups excluding tert-OH is 1. The van der Waals surface area contributed by atoms with Crippen LogP contribution in [0.15, 0.2) is 23.1 Å². The van der Waals surface area contributed by atoms with Gasteiger partial charge in [-0.3, -0.25) is 0 Å². The van der Waals surface area contributed by atoms with Crippen LogP contribution in [-0.2, 0) is 5.41 Å². The van der Waals surface area contributed by atoms with Crippen molar-refractivity contribution in [3.05, 3.63) is 23.8 Å². The van der Waals surface area contributed by atoms with E-state index in [0.29, 0.717) is 0 Å². The number of phenolic OH excluding ortho intramolecular Hbond substituents is 1. The van der Waals surface area contributed by atoms with Crippen LogP contribution in [0.3, 0.4) is 0 Å². The highest BCUT2D eigenvalue weighted by molar-refractivity contribution is 7.98. The van der Waals surface area contributed by atoms with E-state index in [1.165, 1.54) is 0 Å². The van der Waals surface area contributed by atoms with E-state index in [4.69, 9.17) is 0 Å². The summed E-state index contributed by atoms with van der Waals surface area (Å²) in [6.07, 6.45) is 1.96. The van der Waals surface area contributed by atoms with Crippen LogP contribution in [0.1, 0.15) is 19.4 Å². The van der Waals surface area contributed by atoms with E-state index < -0.39 is 5.41 Å². The summed E-state index contributed by atoms with van der Waals surface area (Å²) < 4.78 is 0. The number of benzene rings is 1. The first kappa shape index (κ1) is 11.4. The molecular weight excluding hydrogens is 196 g/mol. The standard InChI is InChI=1S/C11H16O2S/c1-11(2,7-12)10-8(13)5-4-6-9(10)14-3/h4-6,12-13H,7H2,1-3H3. The van der Waals surface area contributed by atoms with Crippen molar-refractivity contribution in [1.29, 1.82) is 0 Å². The Labute approximate surface area is 89.0 Å². The Hall–Kier alpha value is -0.670. The monoisotopic (exact) mass is 212 g/mol. The second-order valence-electron chi connectivity index (χ2n) is 3.90. The Kier molecular flexibility index (Phi) is 3.45. The molecule has 0 radical (unpaired) electrons. The molecule has 0 aliphatic heterocycles. The highest BCUT2D eigenvalue weighted by Crippen LogP contribution is 2.37. The summed E-state index contributed by atoms with van der Waals surface area (Å²) in [5, 5.41) is 19.0. The van der Waals surface area contributed by atoms with Crippen LogP contribution in [0.25, 0.3) is 0 Å². The number of rotatable bonds is 3. The summed E-state index contributed by atoms with van der Waals surface area (Å²) >= 11 is 1.58. The Balaban J connectivity index is 3.30. The summed E-state index contributed by atoms with van der Waals surface area (Å²) in [4.78, 5) is 1.02. The second-order valence-corrected chi connectivity index (χ2v) is 4.74. The molecule has 0 aliphatic carbocycles. The molecule has 14 heavy (non-hydrogen) atoms. The quantitative estimate of drug-likeness (QED) is 0.756. The molecule has 2 nitrogen and oxygen atoms in total. The largest absolute Gasteiger partial charge is 0.508 e. The molecule has 3 heteroatoms. The molecule has 1 rings (SSSR count). The number of thioether (sulfide) groups is 1. The molecule has 0 unspecified atom stereocenters. The maximum Gasteiger partial charge on any atom is 0.120 e. The number of phenols is 1.